The van der Waals surface area contributed by atoms with Crippen molar-refractivity contribution in [2.45, 2.75) is 37.7 Å². The zero-order chi connectivity index (χ0) is 22.2. The Morgan fingerprint density at radius 3 is 2.48 bits per heavy atom. The molecule has 4 rings (SSSR count). The van der Waals surface area contributed by atoms with Crippen LogP contribution in [-0.2, 0) is 11.2 Å². The molecule has 0 aromatic heterocycles. The van der Waals surface area contributed by atoms with Crippen molar-refractivity contribution in [2.75, 3.05) is 29.9 Å². The average Bonchev–Trinajstić information content (AvgIpc) is 2.91. The van der Waals surface area contributed by atoms with Crippen LogP contribution in [0.3, 0.4) is 0 Å². The number of hydrogen-bond acceptors (Lipinski definition) is 4. The number of fused-ring (bicyclic) bond motifs is 1. The van der Waals surface area contributed by atoms with Crippen LogP contribution in [-0.4, -0.2) is 36.3 Å². The van der Waals surface area contributed by atoms with Gasteiger partial charge in [0, 0.05) is 30.1 Å². The van der Waals surface area contributed by atoms with Gasteiger partial charge in [-0.1, -0.05) is 23.2 Å². The molecule has 2 aromatic carbocycles. The first-order valence-electron chi connectivity index (χ1n) is 10.1. The fourth-order valence-electron chi connectivity index (χ4n) is 4.09. The van der Waals surface area contributed by atoms with Crippen LogP contribution in [0.15, 0.2) is 24.3 Å². The number of anilines is 2. The Kier molecular flexibility index (Phi) is 6.28. The molecule has 31 heavy (non-hydrogen) atoms. The van der Waals surface area contributed by atoms with Gasteiger partial charge in [-0.05, 0) is 49.9 Å². The molecule has 2 heterocycles. The van der Waals surface area contributed by atoms with E-state index in [2.05, 4.69) is 5.32 Å². The molecule has 9 heteroatoms. The van der Waals surface area contributed by atoms with Crippen molar-refractivity contribution in [3.63, 3.8) is 0 Å². The van der Waals surface area contributed by atoms with Gasteiger partial charge in [0.1, 0.15) is 23.6 Å². The van der Waals surface area contributed by atoms with Gasteiger partial charge in [0.05, 0.1) is 10.7 Å². The summed E-state index contributed by atoms with van der Waals surface area (Å²) in [6.07, 6.45) is 2.27. The molecule has 0 unspecified atom stereocenters. The third-order valence-corrected chi connectivity index (χ3v) is 6.34. The first kappa shape index (κ1) is 22.1. The molecule has 0 atom stereocenters. The summed E-state index contributed by atoms with van der Waals surface area (Å²) >= 11 is 11.9. The van der Waals surface area contributed by atoms with Crippen molar-refractivity contribution in [3.05, 3.63) is 51.5 Å². The number of nitrogens with one attached hydrogen (secondary N) is 1. The molecule has 0 saturated carbocycles. The molecule has 2 aliphatic heterocycles. The van der Waals surface area contributed by atoms with Gasteiger partial charge in [0.15, 0.2) is 11.6 Å². The van der Waals surface area contributed by atoms with Crippen molar-refractivity contribution in [3.8, 4) is 5.75 Å². The average molecular weight is 471 g/mol. The third-order valence-electron chi connectivity index (χ3n) is 5.80. The van der Waals surface area contributed by atoms with E-state index in [1.807, 2.05) is 0 Å². The lowest BCUT2D eigenvalue weighted by atomic mass is 9.92. The fraction of sp³-hybridized carbons (Fsp3) is 0.409. The lowest BCUT2D eigenvalue weighted by Crippen LogP contribution is -2.48. The van der Waals surface area contributed by atoms with Crippen LogP contribution in [0.2, 0.25) is 10.0 Å². The standard InChI is InChI=1S/C22H22Cl2F2N2O3/c23-13-10-16(25)21(17(26)11-13)28-8-6-22(30,7-9-28)12-31-18-5-4-15(24)20-14(18)2-1-3-19(29)27-20/h4-5,10-11,30H,1-3,6-9,12H2,(H,27,29). The molecule has 5 nitrogen and oxygen atoms in total. The summed E-state index contributed by atoms with van der Waals surface area (Å²) in [4.78, 5) is 13.4. The maximum atomic E-state index is 14.2. The van der Waals surface area contributed by atoms with Crippen molar-refractivity contribution < 1.29 is 23.4 Å². The predicted molar refractivity (Wildman–Crippen MR) is 116 cm³/mol. The minimum Gasteiger partial charge on any atom is -0.490 e. The van der Waals surface area contributed by atoms with E-state index in [1.54, 1.807) is 17.0 Å². The van der Waals surface area contributed by atoms with Gasteiger partial charge >= 0.3 is 0 Å². The summed E-state index contributed by atoms with van der Waals surface area (Å²) in [6, 6.07) is 5.54. The molecular formula is C22H22Cl2F2N2O3. The highest BCUT2D eigenvalue weighted by atomic mass is 35.5. The van der Waals surface area contributed by atoms with Crippen LogP contribution in [0, 0.1) is 11.6 Å². The van der Waals surface area contributed by atoms with Gasteiger partial charge in [-0.3, -0.25) is 4.79 Å². The molecule has 0 aliphatic carbocycles. The first-order valence-corrected chi connectivity index (χ1v) is 10.9. The van der Waals surface area contributed by atoms with Crippen molar-refractivity contribution in [1.29, 1.82) is 0 Å². The van der Waals surface area contributed by atoms with Gasteiger partial charge in [-0.15, -0.1) is 0 Å². The number of nitrogens with zero attached hydrogens (tertiary/aromatic N) is 1. The van der Waals surface area contributed by atoms with Gasteiger partial charge in [0.2, 0.25) is 5.91 Å². The Bertz CT molecular complexity index is 987. The second kappa shape index (κ2) is 8.81. The summed E-state index contributed by atoms with van der Waals surface area (Å²) in [7, 11) is 0. The van der Waals surface area contributed by atoms with Gasteiger partial charge in [-0.2, -0.15) is 0 Å². The number of rotatable bonds is 4. The van der Waals surface area contributed by atoms with Gasteiger partial charge in [0.25, 0.3) is 0 Å². The number of halogens is 4. The molecule has 0 radical (unpaired) electrons. The Morgan fingerprint density at radius 1 is 1.13 bits per heavy atom. The van der Waals surface area contributed by atoms with Crippen molar-refractivity contribution in [1.82, 2.24) is 0 Å². The number of hydrogen-bond donors (Lipinski definition) is 2. The topological polar surface area (TPSA) is 61.8 Å². The molecule has 1 amide bonds. The summed E-state index contributed by atoms with van der Waals surface area (Å²) < 4.78 is 34.4. The third kappa shape index (κ3) is 4.73. The van der Waals surface area contributed by atoms with Crippen molar-refractivity contribution >= 4 is 40.5 Å². The first-order chi connectivity index (χ1) is 14.8. The Morgan fingerprint density at radius 2 is 1.81 bits per heavy atom. The van der Waals surface area contributed by atoms with Crippen LogP contribution in [0.1, 0.15) is 31.2 Å². The molecule has 0 bridgehead atoms. The monoisotopic (exact) mass is 470 g/mol. The lowest BCUT2D eigenvalue weighted by molar-refractivity contribution is -0.116. The van der Waals surface area contributed by atoms with E-state index < -0.39 is 17.2 Å². The van der Waals surface area contributed by atoms with E-state index in [0.29, 0.717) is 35.7 Å². The van der Waals surface area contributed by atoms with Gasteiger partial charge in [-0.25, -0.2) is 8.78 Å². The van der Waals surface area contributed by atoms with E-state index in [0.717, 1.165) is 17.7 Å². The zero-order valence-corrected chi connectivity index (χ0v) is 18.2. The second-order valence-electron chi connectivity index (χ2n) is 8.02. The summed E-state index contributed by atoms with van der Waals surface area (Å²) in [5, 5.41) is 14.2. The van der Waals surface area contributed by atoms with E-state index in [-0.39, 0.29) is 49.2 Å². The SMILES string of the molecule is O=C1CCCc2c(OCC3(O)CCN(c4c(F)cc(Cl)cc4F)CC3)ccc(Cl)c2N1. The minimum atomic E-state index is -1.14. The number of amides is 1. The predicted octanol–water partition coefficient (Wildman–Crippen LogP) is 4.96. The number of aliphatic hydroxyl groups is 1. The van der Waals surface area contributed by atoms with E-state index >= 15 is 0 Å². The maximum absolute atomic E-state index is 14.2. The van der Waals surface area contributed by atoms with Crippen LogP contribution >= 0.6 is 23.2 Å². The fourth-order valence-corrected chi connectivity index (χ4v) is 4.50. The lowest BCUT2D eigenvalue weighted by Gasteiger charge is -2.39. The molecule has 2 aromatic rings. The van der Waals surface area contributed by atoms with Gasteiger partial charge < -0.3 is 20.1 Å². The molecule has 2 N–H and O–H groups in total. The molecule has 1 saturated heterocycles. The highest BCUT2D eigenvalue weighted by Gasteiger charge is 2.35. The quantitative estimate of drug-likeness (QED) is 0.662. The largest absolute Gasteiger partial charge is 0.490 e. The number of benzene rings is 2. The van der Waals surface area contributed by atoms with E-state index in [9.17, 15) is 18.7 Å². The normalized spacial score (nSPS) is 18.2. The Hall–Kier alpha value is -2.09. The zero-order valence-electron chi connectivity index (χ0n) is 16.7. The number of piperidine rings is 1. The maximum Gasteiger partial charge on any atom is 0.224 e. The Balaban J connectivity index is 1.44. The Labute approximate surface area is 188 Å². The minimum absolute atomic E-state index is 0.000972. The summed E-state index contributed by atoms with van der Waals surface area (Å²) in [5.74, 6) is -0.979. The molecule has 166 valence electrons. The van der Waals surface area contributed by atoms with Crippen LogP contribution in [0.4, 0.5) is 20.2 Å². The molecule has 2 aliphatic rings. The highest BCUT2D eigenvalue weighted by Crippen LogP contribution is 2.38. The summed E-state index contributed by atoms with van der Waals surface area (Å²) in [6.45, 7) is 0.558. The van der Waals surface area contributed by atoms with Crippen LogP contribution < -0.4 is 15.0 Å². The second-order valence-corrected chi connectivity index (χ2v) is 8.86. The van der Waals surface area contributed by atoms with E-state index in [4.69, 9.17) is 27.9 Å². The van der Waals surface area contributed by atoms with E-state index in [1.165, 1.54) is 0 Å². The number of carbonyl (C=O) groups is 1. The van der Waals surface area contributed by atoms with Crippen LogP contribution in [0.25, 0.3) is 0 Å². The smallest absolute Gasteiger partial charge is 0.224 e. The molecular weight excluding hydrogens is 449 g/mol. The van der Waals surface area contributed by atoms with Crippen LogP contribution in [0.5, 0.6) is 5.75 Å². The summed E-state index contributed by atoms with van der Waals surface area (Å²) in [5.41, 5.74) is 0.0871. The number of ether oxygens (including phenoxy) is 1. The molecule has 0 spiro atoms. The number of carbonyl (C=O) groups excluding carboxylic acids is 1. The highest BCUT2D eigenvalue weighted by molar-refractivity contribution is 6.34. The van der Waals surface area contributed by atoms with Crippen molar-refractivity contribution in [2.24, 2.45) is 0 Å². The molecule has 1 fully saturated rings.